The van der Waals surface area contributed by atoms with Crippen LogP contribution in [0.15, 0.2) is 24.3 Å². The monoisotopic (exact) mass is 431 g/mol. The Labute approximate surface area is 184 Å². The lowest BCUT2D eigenvalue weighted by molar-refractivity contribution is -0.141. The van der Waals surface area contributed by atoms with Crippen molar-refractivity contribution in [1.29, 1.82) is 0 Å². The maximum atomic E-state index is 13.2. The molecule has 1 unspecified atom stereocenters. The van der Waals surface area contributed by atoms with Crippen LogP contribution in [-0.4, -0.2) is 58.8 Å². The summed E-state index contributed by atoms with van der Waals surface area (Å²) in [5.41, 5.74) is -0.389. The summed E-state index contributed by atoms with van der Waals surface area (Å²) in [6.07, 6.45) is 4.86. The van der Waals surface area contributed by atoms with Crippen molar-refractivity contribution in [2.75, 3.05) is 19.7 Å². The van der Waals surface area contributed by atoms with Crippen LogP contribution in [0.4, 0.5) is 4.79 Å². The van der Waals surface area contributed by atoms with E-state index in [1.54, 1.807) is 45.0 Å². The number of hydrogen-bond acceptors (Lipinski definition) is 5. The van der Waals surface area contributed by atoms with Crippen LogP contribution in [-0.2, 0) is 14.3 Å². The van der Waals surface area contributed by atoms with Crippen LogP contribution in [0.2, 0.25) is 0 Å². The van der Waals surface area contributed by atoms with E-state index in [1.807, 2.05) is 20.8 Å². The Kier molecular flexibility index (Phi) is 9.07. The third kappa shape index (κ3) is 8.69. The van der Waals surface area contributed by atoms with E-state index >= 15 is 0 Å². The molecule has 0 aliphatic heterocycles. The number of rotatable bonds is 7. The van der Waals surface area contributed by atoms with Crippen LogP contribution in [0.3, 0.4) is 0 Å². The molecule has 0 saturated heterocycles. The molecule has 8 nitrogen and oxygen atoms in total. The Morgan fingerprint density at radius 3 is 2.29 bits per heavy atom. The molecule has 1 aromatic rings. The van der Waals surface area contributed by atoms with Crippen LogP contribution in [0.5, 0.6) is 0 Å². The fourth-order valence-electron chi connectivity index (χ4n) is 2.82. The zero-order valence-electron chi connectivity index (χ0n) is 19.1. The summed E-state index contributed by atoms with van der Waals surface area (Å²) in [7, 11) is 0. The van der Waals surface area contributed by atoms with Gasteiger partial charge in [0.15, 0.2) is 0 Å². The van der Waals surface area contributed by atoms with Crippen LogP contribution >= 0.6 is 0 Å². The summed E-state index contributed by atoms with van der Waals surface area (Å²) in [5.74, 6) is 1.52. The number of benzene rings is 1. The van der Waals surface area contributed by atoms with Crippen LogP contribution in [0.25, 0.3) is 0 Å². The first-order valence-electron chi connectivity index (χ1n) is 10.0. The van der Waals surface area contributed by atoms with Gasteiger partial charge in [-0.25, -0.2) is 4.79 Å². The van der Waals surface area contributed by atoms with E-state index in [1.165, 1.54) is 4.90 Å². The van der Waals surface area contributed by atoms with Crippen molar-refractivity contribution in [3.63, 3.8) is 0 Å². The van der Waals surface area contributed by atoms with E-state index in [0.29, 0.717) is 11.1 Å². The molecule has 0 aromatic heterocycles. The van der Waals surface area contributed by atoms with Crippen LogP contribution in [0.1, 0.15) is 58.7 Å². The lowest BCUT2D eigenvalue weighted by Crippen LogP contribution is -2.52. The third-order valence-electron chi connectivity index (χ3n) is 3.91. The van der Waals surface area contributed by atoms with Gasteiger partial charge in [-0.1, -0.05) is 24.1 Å². The van der Waals surface area contributed by atoms with Gasteiger partial charge in [0, 0.05) is 17.6 Å². The van der Waals surface area contributed by atoms with Crippen molar-refractivity contribution in [2.24, 2.45) is 0 Å². The number of nitrogens with one attached hydrogen (secondary N) is 2. The fourth-order valence-corrected chi connectivity index (χ4v) is 2.82. The van der Waals surface area contributed by atoms with Crippen molar-refractivity contribution in [2.45, 2.75) is 58.7 Å². The number of carbonyl (C=O) groups excluding carboxylic acids is 3. The predicted molar refractivity (Wildman–Crippen MR) is 118 cm³/mol. The predicted octanol–water partition coefficient (Wildman–Crippen LogP) is 1.97. The van der Waals surface area contributed by atoms with Gasteiger partial charge in [0.1, 0.15) is 18.2 Å². The highest BCUT2D eigenvalue weighted by atomic mass is 16.6. The molecule has 1 rings (SSSR count). The molecule has 0 radical (unpaired) electrons. The molecule has 3 amide bonds. The SMILES string of the molecule is C#Cc1ccccc1C(C(=O)NC(C)(C)C)N(CCO)C(=O)CNC(=O)OC(C)(C)C. The van der Waals surface area contributed by atoms with Crippen molar-refractivity contribution in [3.8, 4) is 12.3 Å². The summed E-state index contributed by atoms with van der Waals surface area (Å²) < 4.78 is 5.15. The highest BCUT2D eigenvalue weighted by molar-refractivity contribution is 5.91. The van der Waals surface area contributed by atoms with E-state index in [4.69, 9.17) is 11.2 Å². The number of nitrogens with zero attached hydrogens (tertiary/aromatic N) is 1. The van der Waals surface area contributed by atoms with Crippen molar-refractivity contribution >= 4 is 17.9 Å². The molecule has 0 spiro atoms. The van der Waals surface area contributed by atoms with E-state index in [9.17, 15) is 19.5 Å². The highest BCUT2D eigenvalue weighted by Gasteiger charge is 2.34. The summed E-state index contributed by atoms with van der Waals surface area (Å²) in [4.78, 5) is 39.4. The molecular formula is C23H33N3O5. The van der Waals surface area contributed by atoms with Gasteiger partial charge in [-0.05, 0) is 53.2 Å². The van der Waals surface area contributed by atoms with Crippen molar-refractivity contribution in [3.05, 3.63) is 35.4 Å². The molecule has 8 heteroatoms. The second-order valence-electron chi connectivity index (χ2n) is 9.04. The van der Waals surface area contributed by atoms with Gasteiger partial charge in [-0.2, -0.15) is 0 Å². The third-order valence-corrected chi connectivity index (χ3v) is 3.91. The Bertz CT molecular complexity index is 831. The Balaban J connectivity index is 3.26. The molecular weight excluding hydrogens is 398 g/mol. The topological polar surface area (TPSA) is 108 Å². The summed E-state index contributed by atoms with van der Waals surface area (Å²) in [5, 5.41) is 14.8. The number of amides is 3. The van der Waals surface area contributed by atoms with Gasteiger partial charge in [-0.3, -0.25) is 9.59 Å². The lowest BCUT2D eigenvalue weighted by atomic mass is 9.97. The summed E-state index contributed by atoms with van der Waals surface area (Å²) in [6.45, 7) is 9.65. The maximum absolute atomic E-state index is 13.2. The van der Waals surface area contributed by atoms with Gasteiger partial charge in [-0.15, -0.1) is 6.42 Å². The molecule has 170 valence electrons. The van der Waals surface area contributed by atoms with E-state index in [0.717, 1.165) is 0 Å². The van der Waals surface area contributed by atoms with Gasteiger partial charge in [0.05, 0.1) is 6.61 Å². The zero-order chi connectivity index (χ0) is 23.8. The molecule has 31 heavy (non-hydrogen) atoms. The minimum atomic E-state index is -1.09. The number of carbonyl (C=O) groups is 3. The normalized spacial score (nSPS) is 12.3. The number of aliphatic hydroxyl groups excluding tert-OH is 1. The average molecular weight is 432 g/mol. The van der Waals surface area contributed by atoms with E-state index in [-0.39, 0.29) is 13.2 Å². The molecule has 3 N–H and O–H groups in total. The largest absolute Gasteiger partial charge is 0.444 e. The molecule has 0 bridgehead atoms. The maximum Gasteiger partial charge on any atom is 0.408 e. The number of alkyl carbamates (subject to hydrolysis) is 1. The van der Waals surface area contributed by atoms with Crippen molar-refractivity contribution in [1.82, 2.24) is 15.5 Å². The van der Waals surface area contributed by atoms with Gasteiger partial charge in [0.2, 0.25) is 11.8 Å². The lowest BCUT2D eigenvalue weighted by Gasteiger charge is -2.34. The standard InChI is InChI=1S/C23H33N3O5/c1-8-16-11-9-10-12-17(16)19(20(29)25-22(2,3)4)26(13-14-27)18(28)15-24-21(30)31-23(5,6)7/h1,9-12,19,27H,13-15H2,2-7H3,(H,24,30)(H,25,29). The Hall–Kier alpha value is -3.05. The Morgan fingerprint density at radius 1 is 1.16 bits per heavy atom. The molecule has 1 aromatic carbocycles. The van der Waals surface area contributed by atoms with Crippen LogP contribution < -0.4 is 10.6 Å². The first kappa shape index (κ1) is 26.0. The zero-order valence-corrected chi connectivity index (χ0v) is 19.1. The molecule has 0 heterocycles. The quantitative estimate of drug-likeness (QED) is 0.572. The summed E-state index contributed by atoms with van der Waals surface area (Å²) in [6, 6.07) is 5.70. The van der Waals surface area contributed by atoms with Gasteiger partial charge < -0.3 is 25.4 Å². The number of ether oxygens (including phenoxy) is 1. The molecule has 0 aliphatic rings. The van der Waals surface area contributed by atoms with Crippen molar-refractivity contribution < 1.29 is 24.2 Å². The minimum absolute atomic E-state index is 0.129. The first-order chi connectivity index (χ1) is 14.3. The second-order valence-corrected chi connectivity index (χ2v) is 9.04. The number of terminal acetylenes is 1. The smallest absolute Gasteiger partial charge is 0.408 e. The molecule has 1 atom stereocenters. The highest BCUT2D eigenvalue weighted by Crippen LogP contribution is 2.25. The van der Waals surface area contributed by atoms with Crippen LogP contribution in [0, 0.1) is 12.3 Å². The molecule has 0 fully saturated rings. The van der Waals surface area contributed by atoms with Gasteiger partial charge >= 0.3 is 6.09 Å². The minimum Gasteiger partial charge on any atom is -0.444 e. The Morgan fingerprint density at radius 2 is 1.77 bits per heavy atom. The molecule has 0 saturated carbocycles. The number of aliphatic hydroxyl groups is 1. The van der Waals surface area contributed by atoms with Gasteiger partial charge in [0.25, 0.3) is 0 Å². The first-order valence-corrected chi connectivity index (χ1v) is 10.0. The fraction of sp³-hybridized carbons (Fsp3) is 0.522. The average Bonchev–Trinajstić information content (AvgIpc) is 2.63. The second kappa shape index (κ2) is 10.8. The molecule has 0 aliphatic carbocycles. The number of hydrogen-bond donors (Lipinski definition) is 3. The van der Waals surface area contributed by atoms with E-state index in [2.05, 4.69) is 16.6 Å². The summed E-state index contributed by atoms with van der Waals surface area (Å²) >= 11 is 0. The van der Waals surface area contributed by atoms with E-state index < -0.39 is 41.6 Å².